The van der Waals surface area contributed by atoms with E-state index in [2.05, 4.69) is 16.0 Å². The molecule has 2 aromatic rings. The van der Waals surface area contributed by atoms with Crippen LogP contribution in [0.4, 0.5) is 0 Å². The minimum absolute atomic E-state index is 0.0656. The number of fused-ring (bicyclic) bond motifs is 15. The number of methoxy groups -OCH3 is 2. The molecule has 9 nitrogen and oxygen atoms in total. The first-order valence-corrected chi connectivity index (χ1v) is 11.9. The molecule has 192 valence electrons. The number of hydrogen-bond acceptors (Lipinski definition) is 7. The first-order valence-electron chi connectivity index (χ1n) is 11.9. The number of nitrogens with one attached hydrogen (secondary N) is 3. The largest absolute Gasteiger partial charge is 0.504 e. The first kappa shape index (κ1) is 26.6. The number of rotatable bonds is 2. The summed E-state index contributed by atoms with van der Waals surface area (Å²) in [5, 5.41) is 19.4. The summed E-state index contributed by atoms with van der Waals surface area (Å²) in [4.78, 5) is 24.4. The molecule has 0 saturated heterocycles. The van der Waals surface area contributed by atoms with Crippen LogP contribution < -0.4 is 30.2 Å². The molecule has 2 heterocycles. The number of aromatic hydroxyl groups is 1. The molecule has 4 N–H and O–H groups in total. The van der Waals surface area contributed by atoms with Crippen LogP contribution in [-0.4, -0.2) is 57.3 Å². The quantitative estimate of drug-likeness (QED) is 0.505. The molecule has 0 saturated carbocycles. The van der Waals surface area contributed by atoms with Crippen LogP contribution in [-0.2, 0) is 9.59 Å². The standard InChI is InChI=1S/C27H33N3O6/c1-34-23-17-20-18-24(35-2)21(23)8-11-27(33)29-14-4-3-12-28-13-5-15-30-26(32)10-7-19-6-9-22(31)25(16-19)36-20/h6-11,16-18,28,31H,3-5,12-15H2,1-2H3,(H,29,33)(H,30,32). The predicted octanol–water partition coefficient (Wildman–Crippen LogP) is 3.23. The van der Waals surface area contributed by atoms with Crippen LogP contribution in [0.15, 0.2) is 42.5 Å². The lowest BCUT2D eigenvalue weighted by atomic mass is 10.1. The van der Waals surface area contributed by atoms with Gasteiger partial charge in [-0.05, 0) is 62.2 Å². The number of carbonyl (C=O) groups excluding carboxylic acids is 2. The lowest BCUT2D eigenvalue weighted by Gasteiger charge is -2.15. The fourth-order valence-corrected chi connectivity index (χ4v) is 3.57. The van der Waals surface area contributed by atoms with Crippen LogP contribution in [0, 0.1) is 0 Å². The Morgan fingerprint density at radius 1 is 0.778 bits per heavy atom. The molecule has 2 aliphatic heterocycles. The molecule has 0 radical (unpaired) electrons. The molecule has 0 fully saturated rings. The van der Waals surface area contributed by atoms with Gasteiger partial charge in [0.25, 0.3) is 0 Å². The highest BCUT2D eigenvalue weighted by Crippen LogP contribution is 2.39. The average Bonchev–Trinajstić information content (AvgIpc) is 2.88. The van der Waals surface area contributed by atoms with Crippen LogP contribution in [0.1, 0.15) is 30.4 Å². The van der Waals surface area contributed by atoms with E-state index in [-0.39, 0.29) is 23.3 Å². The van der Waals surface area contributed by atoms with E-state index in [1.807, 2.05) is 0 Å². The number of amides is 2. The minimum Gasteiger partial charge on any atom is -0.504 e. The first-order chi connectivity index (χ1) is 17.5. The molecule has 4 bridgehead atoms. The Kier molecular flexibility index (Phi) is 10.2. The minimum atomic E-state index is -0.215. The lowest BCUT2D eigenvalue weighted by Crippen LogP contribution is -2.27. The van der Waals surface area contributed by atoms with Crippen LogP contribution in [0.2, 0.25) is 0 Å². The van der Waals surface area contributed by atoms with Gasteiger partial charge in [0.05, 0.1) is 19.8 Å². The molecular weight excluding hydrogens is 462 g/mol. The van der Waals surface area contributed by atoms with Crippen LogP contribution in [0.5, 0.6) is 28.7 Å². The summed E-state index contributed by atoms with van der Waals surface area (Å²) < 4.78 is 16.9. The van der Waals surface area contributed by atoms with Crippen molar-refractivity contribution in [3.05, 3.63) is 53.6 Å². The monoisotopic (exact) mass is 495 g/mol. The van der Waals surface area contributed by atoms with Gasteiger partial charge in [0, 0.05) is 37.4 Å². The Labute approximate surface area is 211 Å². The topological polar surface area (TPSA) is 118 Å². The van der Waals surface area contributed by atoms with Gasteiger partial charge in [-0.1, -0.05) is 6.07 Å². The second-order valence-corrected chi connectivity index (χ2v) is 8.13. The number of phenols is 1. The molecule has 0 atom stereocenters. The fourth-order valence-electron chi connectivity index (χ4n) is 3.57. The Bertz CT molecular complexity index is 1090. The Hall–Kier alpha value is -3.98. The van der Waals surface area contributed by atoms with Gasteiger partial charge in [-0.25, -0.2) is 0 Å². The summed E-state index contributed by atoms with van der Waals surface area (Å²) in [5.74, 6) is 0.944. The highest BCUT2D eigenvalue weighted by atomic mass is 16.5. The van der Waals surface area contributed by atoms with Crippen molar-refractivity contribution in [2.24, 2.45) is 0 Å². The zero-order valence-corrected chi connectivity index (χ0v) is 20.6. The second kappa shape index (κ2) is 13.8. The zero-order chi connectivity index (χ0) is 25.8. The smallest absolute Gasteiger partial charge is 0.244 e. The van der Waals surface area contributed by atoms with Crippen LogP contribution in [0.3, 0.4) is 0 Å². The second-order valence-electron chi connectivity index (χ2n) is 8.13. The molecule has 0 aliphatic carbocycles. The number of hydrogen-bond donors (Lipinski definition) is 4. The fraction of sp³-hybridized carbons (Fsp3) is 0.333. The molecular formula is C27H33N3O6. The van der Waals surface area contributed by atoms with Crippen LogP contribution >= 0.6 is 0 Å². The van der Waals surface area contributed by atoms with Gasteiger partial charge >= 0.3 is 0 Å². The number of carbonyl (C=O) groups is 2. The maximum absolute atomic E-state index is 12.3. The van der Waals surface area contributed by atoms with Gasteiger partial charge in [-0.2, -0.15) is 0 Å². The number of benzene rings is 2. The predicted molar refractivity (Wildman–Crippen MR) is 139 cm³/mol. The van der Waals surface area contributed by atoms with Gasteiger partial charge in [0.2, 0.25) is 11.8 Å². The van der Waals surface area contributed by atoms with E-state index >= 15 is 0 Å². The summed E-state index contributed by atoms with van der Waals surface area (Å²) in [6.45, 7) is 2.75. The van der Waals surface area contributed by atoms with Crippen molar-refractivity contribution < 1.29 is 28.9 Å². The van der Waals surface area contributed by atoms with E-state index in [0.29, 0.717) is 41.5 Å². The van der Waals surface area contributed by atoms with Crippen molar-refractivity contribution in [3.8, 4) is 28.7 Å². The number of ether oxygens (including phenoxy) is 3. The molecule has 0 spiro atoms. The molecule has 0 aromatic heterocycles. The summed E-state index contributed by atoms with van der Waals surface area (Å²) in [6.07, 6.45) is 8.75. The molecule has 0 unspecified atom stereocenters. The van der Waals surface area contributed by atoms with Gasteiger partial charge in [0.1, 0.15) is 17.2 Å². The molecule has 4 rings (SSSR count). The van der Waals surface area contributed by atoms with E-state index in [4.69, 9.17) is 14.2 Å². The molecule has 9 heteroatoms. The van der Waals surface area contributed by atoms with E-state index in [1.54, 1.807) is 36.4 Å². The van der Waals surface area contributed by atoms with E-state index in [1.165, 1.54) is 32.4 Å². The van der Waals surface area contributed by atoms with Gasteiger partial charge in [-0.3, -0.25) is 9.59 Å². The van der Waals surface area contributed by atoms with E-state index < -0.39 is 0 Å². The molecule has 2 amide bonds. The van der Waals surface area contributed by atoms with Crippen molar-refractivity contribution in [1.29, 1.82) is 0 Å². The summed E-state index contributed by atoms with van der Waals surface area (Å²) >= 11 is 0. The molecule has 36 heavy (non-hydrogen) atoms. The van der Waals surface area contributed by atoms with Crippen molar-refractivity contribution in [1.82, 2.24) is 16.0 Å². The maximum Gasteiger partial charge on any atom is 0.244 e. The third kappa shape index (κ3) is 8.06. The van der Waals surface area contributed by atoms with Crippen LogP contribution in [0.25, 0.3) is 12.2 Å². The summed E-state index contributed by atoms with van der Waals surface area (Å²) in [7, 11) is 3.01. The maximum atomic E-state index is 12.3. The third-order valence-electron chi connectivity index (χ3n) is 5.47. The van der Waals surface area contributed by atoms with Crippen molar-refractivity contribution >= 4 is 24.0 Å². The average molecular weight is 496 g/mol. The van der Waals surface area contributed by atoms with Gasteiger partial charge in [-0.15, -0.1) is 0 Å². The highest BCUT2D eigenvalue weighted by Gasteiger charge is 2.14. The van der Waals surface area contributed by atoms with E-state index in [0.717, 1.165) is 32.4 Å². The third-order valence-corrected chi connectivity index (χ3v) is 5.47. The SMILES string of the molecule is COc1cc2cc(OC)c1C=CC(=O)NCCCCNCCCNC(=O)C=Cc1ccc(O)c(c1)O2. The van der Waals surface area contributed by atoms with Gasteiger partial charge in [0.15, 0.2) is 11.5 Å². The summed E-state index contributed by atoms with van der Waals surface area (Å²) in [6, 6.07) is 8.08. The Morgan fingerprint density at radius 3 is 2.08 bits per heavy atom. The lowest BCUT2D eigenvalue weighted by molar-refractivity contribution is -0.117. The Morgan fingerprint density at radius 2 is 1.39 bits per heavy atom. The zero-order valence-electron chi connectivity index (χ0n) is 20.6. The highest BCUT2D eigenvalue weighted by molar-refractivity contribution is 5.93. The molecule has 2 aromatic carbocycles. The van der Waals surface area contributed by atoms with Gasteiger partial charge < -0.3 is 35.3 Å². The van der Waals surface area contributed by atoms with Crippen molar-refractivity contribution in [2.75, 3.05) is 40.4 Å². The Balaban J connectivity index is 1.89. The van der Waals surface area contributed by atoms with E-state index in [9.17, 15) is 14.7 Å². The summed E-state index contributed by atoms with van der Waals surface area (Å²) in [5.41, 5.74) is 1.26. The number of phenolic OH excluding ortho intramolecular Hbond substituents is 1. The van der Waals surface area contributed by atoms with Crippen molar-refractivity contribution in [2.45, 2.75) is 19.3 Å². The van der Waals surface area contributed by atoms with Crippen molar-refractivity contribution in [3.63, 3.8) is 0 Å². The normalized spacial score (nSPS) is 15.8. The molecule has 2 aliphatic rings.